The third-order valence-corrected chi connectivity index (χ3v) is 3.15. The molecule has 0 fully saturated rings. The van der Waals surface area contributed by atoms with E-state index >= 15 is 0 Å². The van der Waals surface area contributed by atoms with Crippen LogP contribution in [0.25, 0.3) is 0 Å². The monoisotopic (exact) mass is 251 g/mol. The number of benzene rings is 1. The molecule has 100 valence electrons. The third-order valence-electron chi connectivity index (χ3n) is 3.15. The van der Waals surface area contributed by atoms with Gasteiger partial charge in [0, 0.05) is 11.6 Å². The van der Waals surface area contributed by atoms with E-state index in [1.165, 1.54) is 18.2 Å². The molecular weight excluding hydrogens is 230 g/mol. The highest BCUT2D eigenvalue weighted by atomic mass is 16.3. The lowest BCUT2D eigenvalue weighted by Crippen LogP contribution is -2.33. The van der Waals surface area contributed by atoms with Gasteiger partial charge in [0.25, 0.3) is 0 Å². The van der Waals surface area contributed by atoms with Crippen LogP contribution in [0.4, 0.5) is 0 Å². The largest absolute Gasteiger partial charge is 0.504 e. The lowest BCUT2D eigenvalue weighted by atomic mass is 10.1. The Bertz CT molecular complexity index is 418. The molecule has 0 radical (unpaired) electrons. The van der Waals surface area contributed by atoms with Crippen molar-refractivity contribution in [3.05, 3.63) is 23.8 Å². The van der Waals surface area contributed by atoms with Gasteiger partial charge in [-0.25, -0.2) is 0 Å². The number of carbonyl (C=O) groups is 1. The summed E-state index contributed by atoms with van der Waals surface area (Å²) in [7, 11) is 1.92. The highest BCUT2D eigenvalue weighted by Gasteiger charge is 2.14. The maximum atomic E-state index is 12.0. The fourth-order valence-electron chi connectivity index (χ4n) is 1.81. The van der Waals surface area contributed by atoms with E-state index < -0.39 is 0 Å². The zero-order valence-corrected chi connectivity index (χ0v) is 11.2. The van der Waals surface area contributed by atoms with E-state index in [2.05, 4.69) is 13.8 Å². The summed E-state index contributed by atoms with van der Waals surface area (Å²) >= 11 is 0. The van der Waals surface area contributed by atoms with Crippen LogP contribution in [-0.4, -0.2) is 40.5 Å². The SMILES string of the molecule is CCCC(C)N(C)CC(=O)c1ccc(O)c(O)c1. The Morgan fingerprint density at radius 3 is 2.56 bits per heavy atom. The van der Waals surface area contributed by atoms with Gasteiger partial charge in [0.15, 0.2) is 17.3 Å². The van der Waals surface area contributed by atoms with Crippen molar-refractivity contribution in [2.45, 2.75) is 32.7 Å². The standard InChI is InChI=1S/C14H21NO3/c1-4-5-10(2)15(3)9-14(18)11-6-7-12(16)13(17)8-11/h6-8,10,16-17H,4-5,9H2,1-3H3. The molecule has 0 aromatic heterocycles. The van der Waals surface area contributed by atoms with E-state index in [9.17, 15) is 15.0 Å². The van der Waals surface area contributed by atoms with Crippen LogP contribution >= 0.6 is 0 Å². The predicted molar refractivity (Wildman–Crippen MR) is 71.1 cm³/mol. The lowest BCUT2D eigenvalue weighted by molar-refractivity contribution is 0.0921. The number of likely N-dealkylation sites (N-methyl/N-ethyl adjacent to an activating group) is 1. The summed E-state index contributed by atoms with van der Waals surface area (Å²) in [6.07, 6.45) is 2.13. The molecular formula is C14H21NO3. The Labute approximate surface area is 108 Å². The molecule has 1 unspecified atom stereocenters. The van der Waals surface area contributed by atoms with Gasteiger partial charge in [-0.1, -0.05) is 13.3 Å². The van der Waals surface area contributed by atoms with Crippen LogP contribution in [0.15, 0.2) is 18.2 Å². The van der Waals surface area contributed by atoms with Crippen LogP contribution in [0, 0.1) is 0 Å². The molecule has 0 aliphatic carbocycles. The lowest BCUT2D eigenvalue weighted by Gasteiger charge is -2.23. The number of phenols is 2. The molecule has 0 heterocycles. The predicted octanol–water partition coefficient (Wildman–Crippen LogP) is 2.40. The molecule has 1 rings (SSSR count). The van der Waals surface area contributed by atoms with Crippen LogP contribution in [0.3, 0.4) is 0 Å². The number of nitrogens with zero attached hydrogens (tertiary/aromatic N) is 1. The summed E-state index contributed by atoms with van der Waals surface area (Å²) in [5.41, 5.74) is 0.417. The Morgan fingerprint density at radius 2 is 2.00 bits per heavy atom. The molecule has 1 aromatic rings. The summed E-state index contributed by atoms with van der Waals surface area (Å²) in [6, 6.07) is 4.51. The molecule has 4 heteroatoms. The molecule has 18 heavy (non-hydrogen) atoms. The summed E-state index contributed by atoms with van der Waals surface area (Å²) in [5, 5.41) is 18.6. The van der Waals surface area contributed by atoms with Crippen LogP contribution in [-0.2, 0) is 0 Å². The first-order chi connectivity index (χ1) is 8.45. The first kappa shape index (κ1) is 14.5. The van der Waals surface area contributed by atoms with E-state index in [-0.39, 0.29) is 17.3 Å². The number of hydrogen-bond donors (Lipinski definition) is 2. The van der Waals surface area contributed by atoms with Gasteiger partial charge in [-0.3, -0.25) is 9.69 Å². The number of ketones is 1. The van der Waals surface area contributed by atoms with Crippen LogP contribution < -0.4 is 0 Å². The highest BCUT2D eigenvalue weighted by molar-refractivity contribution is 5.98. The molecule has 0 aliphatic heterocycles. The second-order valence-electron chi connectivity index (χ2n) is 4.68. The van der Waals surface area contributed by atoms with E-state index in [1.807, 2.05) is 11.9 Å². The number of carbonyl (C=O) groups excluding carboxylic acids is 1. The van der Waals surface area contributed by atoms with Crippen molar-refractivity contribution >= 4 is 5.78 Å². The van der Waals surface area contributed by atoms with E-state index in [0.717, 1.165) is 12.8 Å². The van der Waals surface area contributed by atoms with Crippen LogP contribution in [0.2, 0.25) is 0 Å². The second kappa shape index (κ2) is 6.40. The van der Waals surface area contributed by atoms with Gasteiger partial charge in [-0.2, -0.15) is 0 Å². The van der Waals surface area contributed by atoms with Gasteiger partial charge < -0.3 is 10.2 Å². The minimum Gasteiger partial charge on any atom is -0.504 e. The van der Waals surface area contributed by atoms with Gasteiger partial charge in [0.1, 0.15) is 0 Å². The first-order valence-corrected chi connectivity index (χ1v) is 6.21. The molecule has 0 aliphatic rings. The highest BCUT2D eigenvalue weighted by Crippen LogP contribution is 2.25. The van der Waals surface area contributed by atoms with Gasteiger partial charge >= 0.3 is 0 Å². The Hall–Kier alpha value is -1.55. The number of Topliss-reactive ketones (excluding diaryl/α,β-unsaturated/α-hetero) is 1. The van der Waals surface area contributed by atoms with Crippen molar-refractivity contribution in [3.8, 4) is 11.5 Å². The van der Waals surface area contributed by atoms with Crippen molar-refractivity contribution < 1.29 is 15.0 Å². The quantitative estimate of drug-likeness (QED) is 0.602. The van der Waals surface area contributed by atoms with E-state index in [0.29, 0.717) is 18.2 Å². The van der Waals surface area contributed by atoms with Gasteiger partial charge in [0.05, 0.1) is 6.54 Å². The second-order valence-corrected chi connectivity index (χ2v) is 4.68. The molecule has 1 aromatic carbocycles. The van der Waals surface area contributed by atoms with E-state index in [1.54, 1.807) is 0 Å². The molecule has 2 N–H and O–H groups in total. The molecule has 0 bridgehead atoms. The Morgan fingerprint density at radius 1 is 1.33 bits per heavy atom. The summed E-state index contributed by atoms with van der Waals surface area (Å²) < 4.78 is 0. The van der Waals surface area contributed by atoms with Crippen LogP contribution in [0.5, 0.6) is 11.5 Å². The number of hydrogen-bond acceptors (Lipinski definition) is 4. The minimum absolute atomic E-state index is 0.0595. The summed E-state index contributed by atoms with van der Waals surface area (Å²) in [6.45, 7) is 4.51. The summed E-state index contributed by atoms with van der Waals surface area (Å²) in [4.78, 5) is 14.0. The first-order valence-electron chi connectivity index (χ1n) is 6.21. The summed E-state index contributed by atoms with van der Waals surface area (Å²) in [5.74, 6) is -0.528. The van der Waals surface area contributed by atoms with Crippen molar-refractivity contribution in [1.29, 1.82) is 0 Å². The number of rotatable bonds is 6. The molecule has 0 spiro atoms. The normalized spacial score (nSPS) is 12.7. The van der Waals surface area contributed by atoms with Gasteiger partial charge in [-0.15, -0.1) is 0 Å². The van der Waals surface area contributed by atoms with Crippen LogP contribution in [0.1, 0.15) is 37.0 Å². The van der Waals surface area contributed by atoms with Crippen molar-refractivity contribution in [1.82, 2.24) is 4.90 Å². The number of phenolic OH excluding ortho intramolecular Hbond substituents is 2. The van der Waals surface area contributed by atoms with Gasteiger partial charge in [0.2, 0.25) is 0 Å². The maximum absolute atomic E-state index is 12.0. The van der Waals surface area contributed by atoms with E-state index in [4.69, 9.17) is 0 Å². The van der Waals surface area contributed by atoms with Gasteiger partial charge in [-0.05, 0) is 38.6 Å². The molecule has 0 amide bonds. The molecule has 0 saturated carbocycles. The average molecular weight is 251 g/mol. The molecule has 4 nitrogen and oxygen atoms in total. The molecule has 0 saturated heterocycles. The number of aromatic hydroxyl groups is 2. The Balaban J connectivity index is 2.67. The maximum Gasteiger partial charge on any atom is 0.176 e. The Kier molecular flexibility index (Phi) is 5.16. The molecule has 1 atom stereocenters. The average Bonchev–Trinajstić information content (AvgIpc) is 2.32. The zero-order chi connectivity index (χ0) is 13.7. The van der Waals surface area contributed by atoms with Crippen molar-refractivity contribution in [2.75, 3.05) is 13.6 Å². The van der Waals surface area contributed by atoms with Crippen molar-refractivity contribution in [3.63, 3.8) is 0 Å². The third kappa shape index (κ3) is 3.74. The zero-order valence-electron chi connectivity index (χ0n) is 11.2. The minimum atomic E-state index is -0.259. The smallest absolute Gasteiger partial charge is 0.176 e. The fourth-order valence-corrected chi connectivity index (χ4v) is 1.81. The van der Waals surface area contributed by atoms with Crippen molar-refractivity contribution in [2.24, 2.45) is 0 Å². The topological polar surface area (TPSA) is 60.8 Å². The fraction of sp³-hybridized carbons (Fsp3) is 0.500.